The normalized spacial score (nSPS) is 18.2. The molecular weight excluding hydrogens is 522 g/mol. The van der Waals surface area contributed by atoms with Crippen LogP contribution in [0.2, 0.25) is 0 Å². The van der Waals surface area contributed by atoms with E-state index in [4.69, 9.17) is 0 Å². The van der Waals surface area contributed by atoms with Gasteiger partial charge in [-0.05, 0) is 68.3 Å². The van der Waals surface area contributed by atoms with E-state index in [9.17, 15) is 18.4 Å². The zero-order valence-electron chi connectivity index (χ0n) is 24.8. The summed E-state index contributed by atoms with van der Waals surface area (Å²) in [6.07, 6.45) is 2.43. The summed E-state index contributed by atoms with van der Waals surface area (Å²) >= 11 is 0. The summed E-state index contributed by atoms with van der Waals surface area (Å²) in [5.74, 6) is -0.671. The van der Waals surface area contributed by atoms with E-state index >= 15 is 0 Å². The number of nitrogens with zero attached hydrogens (tertiary/aromatic N) is 4. The van der Waals surface area contributed by atoms with Gasteiger partial charge in [-0.25, -0.2) is 13.6 Å². The monoisotopic (exact) mass is 564 g/mol. The van der Waals surface area contributed by atoms with Gasteiger partial charge in [-0.2, -0.15) is 0 Å². The second-order valence-electron chi connectivity index (χ2n) is 12.5. The highest BCUT2D eigenvalue weighted by molar-refractivity contribution is 5.31. The van der Waals surface area contributed by atoms with E-state index in [0.29, 0.717) is 49.8 Å². The second-order valence-corrected chi connectivity index (χ2v) is 12.5. The van der Waals surface area contributed by atoms with Crippen molar-refractivity contribution in [2.24, 2.45) is 11.8 Å². The predicted molar refractivity (Wildman–Crippen MR) is 158 cm³/mol. The Hall–Kier alpha value is -3.10. The SMILES string of the molecule is Cc1ccc(CN2CCc3c(c(=O)n(CC4CCCN(CC(C)C)C4)c(=O)n3Cc3c(F)cccc3F)C2)c(C)c1. The van der Waals surface area contributed by atoms with Gasteiger partial charge in [0.2, 0.25) is 0 Å². The van der Waals surface area contributed by atoms with Crippen LogP contribution in [-0.2, 0) is 32.6 Å². The Labute approximate surface area is 241 Å². The van der Waals surface area contributed by atoms with E-state index in [1.165, 1.54) is 44.0 Å². The van der Waals surface area contributed by atoms with E-state index in [1.54, 1.807) is 0 Å². The molecule has 1 fully saturated rings. The fraction of sp³-hybridized carbons (Fsp3) is 0.515. The lowest BCUT2D eigenvalue weighted by Gasteiger charge is -2.35. The predicted octanol–water partition coefficient (Wildman–Crippen LogP) is 4.88. The Kier molecular flexibility index (Phi) is 8.90. The lowest BCUT2D eigenvalue weighted by molar-refractivity contribution is 0.145. The van der Waals surface area contributed by atoms with Crippen molar-refractivity contribution < 1.29 is 8.78 Å². The molecule has 2 aliphatic rings. The van der Waals surface area contributed by atoms with Gasteiger partial charge in [-0.1, -0.05) is 43.7 Å². The number of benzene rings is 2. The summed E-state index contributed by atoms with van der Waals surface area (Å²) in [4.78, 5) is 32.6. The van der Waals surface area contributed by atoms with Crippen LogP contribution >= 0.6 is 0 Å². The molecule has 1 atom stereocenters. The summed E-state index contributed by atoms with van der Waals surface area (Å²) < 4.78 is 32.3. The highest BCUT2D eigenvalue weighted by Crippen LogP contribution is 2.23. The van der Waals surface area contributed by atoms with Crippen LogP contribution in [0.1, 0.15) is 60.2 Å². The first-order chi connectivity index (χ1) is 19.6. The average molecular weight is 565 g/mol. The van der Waals surface area contributed by atoms with Crippen LogP contribution in [0, 0.1) is 37.3 Å². The highest BCUT2D eigenvalue weighted by atomic mass is 19.1. The molecular formula is C33H42F2N4O2. The molecule has 0 bridgehead atoms. The van der Waals surface area contributed by atoms with E-state index in [1.807, 2.05) is 0 Å². The Morgan fingerprint density at radius 2 is 1.71 bits per heavy atom. The number of hydrogen-bond acceptors (Lipinski definition) is 4. The Morgan fingerprint density at radius 1 is 0.951 bits per heavy atom. The molecule has 0 amide bonds. The first-order valence-corrected chi connectivity index (χ1v) is 14.9. The fourth-order valence-corrected chi connectivity index (χ4v) is 6.61. The number of aromatic nitrogens is 2. The molecule has 1 unspecified atom stereocenters. The van der Waals surface area contributed by atoms with Gasteiger partial charge in [0.25, 0.3) is 5.56 Å². The quantitative estimate of drug-likeness (QED) is 0.392. The number of likely N-dealkylation sites (tertiary alicyclic amines) is 1. The summed E-state index contributed by atoms with van der Waals surface area (Å²) in [7, 11) is 0. The van der Waals surface area contributed by atoms with E-state index in [2.05, 4.69) is 55.7 Å². The summed E-state index contributed by atoms with van der Waals surface area (Å²) in [5, 5.41) is 0. The maximum atomic E-state index is 14.7. The van der Waals surface area contributed by atoms with Crippen molar-refractivity contribution in [3.8, 4) is 0 Å². The van der Waals surface area contributed by atoms with Crippen molar-refractivity contribution >= 4 is 0 Å². The molecule has 0 N–H and O–H groups in total. The second kappa shape index (κ2) is 12.4. The number of hydrogen-bond donors (Lipinski definition) is 0. The van der Waals surface area contributed by atoms with Crippen molar-refractivity contribution in [3.63, 3.8) is 0 Å². The first-order valence-electron chi connectivity index (χ1n) is 14.9. The third-order valence-electron chi connectivity index (χ3n) is 8.62. The summed E-state index contributed by atoms with van der Waals surface area (Å²) in [6, 6.07) is 10.1. The third kappa shape index (κ3) is 6.54. The molecule has 3 heterocycles. The van der Waals surface area contributed by atoms with Gasteiger partial charge in [-0.15, -0.1) is 0 Å². The molecule has 1 aromatic heterocycles. The Bertz CT molecular complexity index is 1510. The molecule has 0 saturated carbocycles. The smallest absolute Gasteiger partial charge is 0.303 e. The zero-order valence-corrected chi connectivity index (χ0v) is 24.8. The molecule has 0 spiro atoms. The zero-order chi connectivity index (χ0) is 29.3. The van der Waals surface area contributed by atoms with Crippen LogP contribution in [0.5, 0.6) is 0 Å². The minimum absolute atomic E-state index is 0.152. The van der Waals surface area contributed by atoms with Crippen LogP contribution in [0.15, 0.2) is 46.0 Å². The molecule has 2 aliphatic heterocycles. The topological polar surface area (TPSA) is 50.5 Å². The molecule has 5 rings (SSSR count). The van der Waals surface area contributed by atoms with Gasteiger partial charge >= 0.3 is 5.69 Å². The van der Waals surface area contributed by atoms with E-state index in [0.717, 1.165) is 32.5 Å². The third-order valence-corrected chi connectivity index (χ3v) is 8.62. The van der Waals surface area contributed by atoms with Crippen molar-refractivity contribution in [2.75, 3.05) is 26.2 Å². The van der Waals surface area contributed by atoms with Crippen LogP contribution in [0.25, 0.3) is 0 Å². The molecule has 2 aromatic carbocycles. The van der Waals surface area contributed by atoms with E-state index in [-0.39, 0.29) is 23.6 Å². The van der Waals surface area contributed by atoms with Crippen LogP contribution in [0.3, 0.4) is 0 Å². The minimum atomic E-state index is -0.688. The maximum Gasteiger partial charge on any atom is 0.331 e. The summed E-state index contributed by atoms with van der Waals surface area (Å²) in [5.41, 5.74) is 3.89. The van der Waals surface area contributed by atoms with Crippen molar-refractivity contribution in [2.45, 2.75) is 73.1 Å². The first kappa shape index (κ1) is 29.4. The number of fused-ring (bicyclic) bond motifs is 1. The van der Waals surface area contributed by atoms with E-state index < -0.39 is 17.3 Å². The Morgan fingerprint density at radius 3 is 2.41 bits per heavy atom. The number of rotatable bonds is 8. The molecule has 6 nitrogen and oxygen atoms in total. The molecule has 0 radical (unpaired) electrons. The maximum absolute atomic E-state index is 14.7. The Balaban J connectivity index is 1.52. The van der Waals surface area contributed by atoms with Gasteiger partial charge in [0.1, 0.15) is 11.6 Å². The molecule has 8 heteroatoms. The number of halogens is 2. The molecule has 41 heavy (non-hydrogen) atoms. The molecule has 3 aromatic rings. The molecule has 1 saturated heterocycles. The lowest BCUT2D eigenvalue weighted by Crippen LogP contribution is -2.49. The highest BCUT2D eigenvalue weighted by Gasteiger charge is 2.29. The fourth-order valence-electron chi connectivity index (χ4n) is 6.61. The van der Waals surface area contributed by atoms with Gasteiger partial charge < -0.3 is 4.90 Å². The van der Waals surface area contributed by atoms with Gasteiger partial charge in [0, 0.05) is 56.9 Å². The number of aryl methyl sites for hydroxylation is 2. The molecule has 0 aliphatic carbocycles. The van der Waals surface area contributed by atoms with Gasteiger partial charge in [0.15, 0.2) is 0 Å². The minimum Gasteiger partial charge on any atom is -0.303 e. The van der Waals surface area contributed by atoms with Crippen molar-refractivity contribution in [1.82, 2.24) is 18.9 Å². The molecule has 220 valence electrons. The van der Waals surface area contributed by atoms with Gasteiger partial charge in [-0.3, -0.25) is 18.8 Å². The van der Waals surface area contributed by atoms with Crippen LogP contribution in [-0.4, -0.2) is 45.1 Å². The van der Waals surface area contributed by atoms with Crippen LogP contribution < -0.4 is 11.2 Å². The standard InChI is InChI=1S/C33H42F2N4O2/c1-22(2)16-36-13-6-7-25(17-36)18-39-32(40)28-20-37(19-26-11-10-23(3)15-24(26)4)14-12-31(28)38(33(39)41)21-27-29(34)8-5-9-30(27)35/h5,8-11,15,22,25H,6-7,12-14,16-21H2,1-4H3. The van der Waals surface area contributed by atoms with Crippen LogP contribution in [0.4, 0.5) is 8.78 Å². The lowest BCUT2D eigenvalue weighted by atomic mass is 9.96. The average Bonchev–Trinajstić information content (AvgIpc) is 2.92. The van der Waals surface area contributed by atoms with Gasteiger partial charge in [0.05, 0.1) is 12.1 Å². The van der Waals surface area contributed by atoms with Crippen molar-refractivity contribution in [3.05, 3.63) is 102 Å². The summed E-state index contributed by atoms with van der Waals surface area (Å²) in [6.45, 7) is 13.2. The van der Waals surface area contributed by atoms with Crippen molar-refractivity contribution in [1.29, 1.82) is 0 Å². The number of piperidine rings is 1. The largest absolute Gasteiger partial charge is 0.331 e.